The van der Waals surface area contributed by atoms with Crippen molar-refractivity contribution in [3.63, 3.8) is 0 Å². The van der Waals surface area contributed by atoms with Gasteiger partial charge in [0.25, 0.3) is 0 Å². The summed E-state index contributed by atoms with van der Waals surface area (Å²) in [6.45, 7) is 0. The van der Waals surface area contributed by atoms with E-state index in [2.05, 4.69) is 4.98 Å². The SMILES string of the molecule is O=S1(=O)CCCC(n2c(=S)[nH]c3c(F)cccc32)C1. The summed E-state index contributed by atoms with van der Waals surface area (Å²) in [4.78, 5) is 2.83. The maximum absolute atomic E-state index is 13.7. The molecule has 1 N–H and O–H groups in total. The van der Waals surface area contributed by atoms with Gasteiger partial charge in [0.15, 0.2) is 14.6 Å². The van der Waals surface area contributed by atoms with Gasteiger partial charge in [-0.05, 0) is 37.2 Å². The van der Waals surface area contributed by atoms with E-state index in [0.717, 1.165) is 6.42 Å². The monoisotopic (exact) mass is 300 g/mol. The molecule has 2 heterocycles. The maximum Gasteiger partial charge on any atom is 0.178 e. The summed E-state index contributed by atoms with van der Waals surface area (Å²) >= 11 is 5.21. The van der Waals surface area contributed by atoms with Gasteiger partial charge in [0.05, 0.1) is 23.1 Å². The summed E-state index contributed by atoms with van der Waals surface area (Å²) in [6, 6.07) is 4.51. The molecule has 0 spiro atoms. The topological polar surface area (TPSA) is 54.9 Å². The predicted molar refractivity (Wildman–Crippen MR) is 74.0 cm³/mol. The van der Waals surface area contributed by atoms with Crippen LogP contribution in [0.25, 0.3) is 11.0 Å². The molecule has 1 aromatic heterocycles. The molecule has 4 nitrogen and oxygen atoms in total. The van der Waals surface area contributed by atoms with Gasteiger partial charge in [-0.2, -0.15) is 0 Å². The van der Waals surface area contributed by atoms with E-state index in [9.17, 15) is 12.8 Å². The van der Waals surface area contributed by atoms with E-state index < -0.39 is 9.84 Å². The van der Waals surface area contributed by atoms with Gasteiger partial charge >= 0.3 is 0 Å². The highest BCUT2D eigenvalue weighted by Gasteiger charge is 2.27. The fraction of sp³-hybridized carbons (Fsp3) is 0.417. The summed E-state index contributed by atoms with van der Waals surface area (Å²) in [6.07, 6.45) is 1.37. The lowest BCUT2D eigenvalue weighted by Gasteiger charge is -2.23. The quantitative estimate of drug-likeness (QED) is 0.824. The van der Waals surface area contributed by atoms with E-state index in [-0.39, 0.29) is 23.4 Å². The van der Waals surface area contributed by atoms with Gasteiger partial charge in [0, 0.05) is 0 Å². The van der Waals surface area contributed by atoms with E-state index in [0.29, 0.717) is 22.2 Å². The Bertz CT molecular complexity index is 792. The van der Waals surface area contributed by atoms with E-state index in [1.54, 1.807) is 16.7 Å². The Morgan fingerprint density at radius 3 is 2.95 bits per heavy atom. The van der Waals surface area contributed by atoms with Crippen molar-refractivity contribution < 1.29 is 12.8 Å². The third-order valence-corrected chi connectivity index (χ3v) is 5.61. The second kappa shape index (κ2) is 4.42. The molecule has 1 unspecified atom stereocenters. The standard InChI is InChI=1S/C12H13FN2O2S2/c13-9-4-1-5-10-11(9)14-12(18)15(10)8-3-2-6-19(16,17)7-8/h1,4-5,8H,2-3,6-7H2,(H,14,18). The third-order valence-electron chi connectivity index (χ3n) is 3.51. The Hall–Kier alpha value is -1.21. The van der Waals surface area contributed by atoms with E-state index in [4.69, 9.17) is 12.2 Å². The minimum atomic E-state index is -3.03. The van der Waals surface area contributed by atoms with Crippen molar-refractivity contribution in [1.82, 2.24) is 9.55 Å². The largest absolute Gasteiger partial charge is 0.328 e. The summed E-state index contributed by atoms with van der Waals surface area (Å²) < 4.78 is 39.3. The molecule has 1 aliphatic rings. The molecule has 1 aromatic carbocycles. The Morgan fingerprint density at radius 1 is 1.42 bits per heavy atom. The summed E-state index contributed by atoms with van der Waals surface area (Å²) in [5.41, 5.74) is 0.975. The summed E-state index contributed by atoms with van der Waals surface area (Å²) in [7, 11) is -3.03. The second-order valence-corrected chi connectivity index (χ2v) is 7.46. The highest BCUT2D eigenvalue weighted by molar-refractivity contribution is 7.91. The number of benzene rings is 1. The first-order valence-corrected chi connectivity index (χ1v) is 8.30. The van der Waals surface area contributed by atoms with Crippen LogP contribution in [0.5, 0.6) is 0 Å². The molecule has 102 valence electrons. The molecule has 1 saturated heterocycles. The predicted octanol–water partition coefficient (Wildman–Crippen LogP) is 2.59. The number of fused-ring (bicyclic) bond motifs is 1. The van der Waals surface area contributed by atoms with Crippen molar-refractivity contribution in [2.45, 2.75) is 18.9 Å². The van der Waals surface area contributed by atoms with Crippen molar-refractivity contribution >= 4 is 33.1 Å². The number of para-hydroxylation sites is 1. The number of aromatic nitrogens is 2. The molecule has 0 aliphatic carbocycles. The average Bonchev–Trinajstić information content (AvgIpc) is 2.66. The van der Waals surface area contributed by atoms with Crippen LogP contribution in [0.1, 0.15) is 18.9 Å². The van der Waals surface area contributed by atoms with E-state index in [1.807, 2.05) is 0 Å². The first-order valence-electron chi connectivity index (χ1n) is 6.07. The van der Waals surface area contributed by atoms with Crippen LogP contribution in [0.4, 0.5) is 4.39 Å². The smallest absolute Gasteiger partial charge is 0.178 e. The molecule has 1 aliphatic heterocycles. The Labute approximate surface area is 115 Å². The highest BCUT2D eigenvalue weighted by Crippen LogP contribution is 2.28. The van der Waals surface area contributed by atoms with Crippen molar-refractivity contribution in [2.75, 3.05) is 11.5 Å². The second-order valence-electron chi connectivity index (χ2n) is 4.84. The number of halogens is 1. The van der Waals surface area contributed by atoms with Gasteiger partial charge in [-0.25, -0.2) is 12.8 Å². The first kappa shape index (κ1) is 12.8. The molecule has 0 amide bonds. The number of H-pyrrole nitrogens is 1. The number of hydrogen-bond acceptors (Lipinski definition) is 3. The molecule has 7 heteroatoms. The van der Waals surface area contributed by atoms with E-state index >= 15 is 0 Å². The molecular formula is C12H13FN2O2S2. The average molecular weight is 300 g/mol. The molecule has 0 saturated carbocycles. The van der Waals surface area contributed by atoms with Gasteiger partial charge in [-0.3, -0.25) is 0 Å². The van der Waals surface area contributed by atoms with Gasteiger partial charge in [-0.15, -0.1) is 0 Å². The van der Waals surface area contributed by atoms with Crippen LogP contribution in [-0.2, 0) is 9.84 Å². The van der Waals surface area contributed by atoms with Crippen LogP contribution < -0.4 is 0 Å². The lowest BCUT2D eigenvalue weighted by molar-refractivity contribution is 0.475. The molecule has 0 bridgehead atoms. The first-order chi connectivity index (χ1) is 8.98. The zero-order valence-electron chi connectivity index (χ0n) is 10.1. The Balaban J connectivity index is 2.18. The van der Waals surface area contributed by atoms with Gasteiger partial charge in [-0.1, -0.05) is 6.07 Å². The number of imidazole rings is 1. The Kier molecular flexibility index (Phi) is 2.98. The van der Waals surface area contributed by atoms with Gasteiger partial charge in [0.1, 0.15) is 11.3 Å². The number of aromatic amines is 1. The number of sulfone groups is 1. The van der Waals surface area contributed by atoms with Crippen LogP contribution in [0.2, 0.25) is 0 Å². The zero-order valence-corrected chi connectivity index (χ0v) is 11.7. The van der Waals surface area contributed by atoms with Crippen molar-refractivity contribution in [1.29, 1.82) is 0 Å². The normalized spacial score (nSPS) is 22.7. The van der Waals surface area contributed by atoms with Crippen LogP contribution in [-0.4, -0.2) is 29.5 Å². The molecule has 3 rings (SSSR count). The molecule has 1 atom stereocenters. The fourth-order valence-corrected chi connectivity index (χ4v) is 4.70. The van der Waals surface area contributed by atoms with Crippen LogP contribution in [0.15, 0.2) is 18.2 Å². The number of nitrogens with one attached hydrogen (secondary N) is 1. The van der Waals surface area contributed by atoms with Gasteiger partial charge in [0.2, 0.25) is 0 Å². The molecular weight excluding hydrogens is 287 g/mol. The Morgan fingerprint density at radius 2 is 2.21 bits per heavy atom. The molecule has 0 radical (unpaired) electrons. The molecule has 19 heavy (non-hydrogen) atoms. The minimum Gasteiger partial charge on any atom is -0.328 e. The minimum absolute atomic E-state index is 0.0742. The van der Waals surface area contributed by atoms with Crippen LogP contribution in [0.3, 0.4) is 0 Å². The number of nitrogens with zero attached hydrogens (tertiary/aromatic N) is 1. The van der Waals surface area contributed by atoms with Crippen LogP contribution >= 0.6 is 12.2 Å². The van der Waals surface area contributed by atoms with Crippen LogP contribution in [0, 0.1) is 10.6 Å². The number of hydrogen-bond donors (Lipinski definition) is 1. The van der Waals surface area contributed by atoms with Crippen molar-refractivity contribution in [3.05, 3.63) is 28.8 Å². The highest BCUT2D eigenvalue weighted by atomic mass is 32.2. The zero-order chi connectivity index (χ0) is 13.6. The molecule has 1 fully saturated rings. The van der Waals surface area contributed by atoms with Gasteiger partial charge < -0.3 is 9.55 Å². The third kappa shape index (κ3) is 2.21. The maximum atomic E-state index is 13.7. The van der Waals surface area contributed by atoms with E-state index in [1.165, 1.54) is 6.07 Å². The summed E-state index contributed by atoms with van der Waals surface area (Å²) in [5, 5.41) is 0. The molecule has 2 aromatic rings. The number of rotatable bonds is 1. The lowest BCUT2D eigenvalue weighted by atomic mass is 10.2. The fourth-order valence-electron chi connectivity index (χ4n) is 2.68. The summed E-state index contributed by atoms with van der Waals surface area (Å²) in [5.74, 6) is -0.0702. The van der Waals surface area contributed by atoms with Crippen molar-refractivity contribution in [2.24, 2.45) is 0 Å². The lowest BCUT2D eigenvalue weighted by Crippen LogP contribution is -2.27. The van der Waals surface area contributed by atoms with Crippen molar-refractivity contribution in [3.8, 4) is 0 Å².